The van der Waals surface area contributed by atoms with Crippen LogP contribution in [0.3, 0.4) is 0 Å². The fraction of sp³-hybridized carbons (Fsp3) is 0.417. The summed E-state index contributed by atoms with van der Waals surface area (Å²) >= 11 is 6.02. The van der Waals surface area contributed by atoms with Crippen LogP contribution in [-0.4, -0.2) is 18.5 Å². The minimum absolute atomic E-state index is 0.154. The molecule has 1 aromatic rings. The number of nitrogens with one attached hydrogen (secondary N) is 1. The highest BCUT2D eigenvalue weighted by Gasteiger charge is 2.20. The first-order chi connectivity index (χ1) is 8.35. The van der Waals surface area contributed by atoms with Crippen molar-refractivity contribution in [1.82, 2.24) is 0 Å². The molecule has 1 heterocycles. The highest BCUT2D eigenvalue weighted by Crippen LogP contribution is 2.39. The molecule has 0 spiro atoms. The van der Waals surface area contributed by atoms with Crippen LogP contribution in [0.5, 0.6) is 11.5 Å². The maximum absolute atomic E-state index is 11.6. The molecule has 1 aliphatic heterocycles. The van der Waals surface area contributed by atoms with Gasteiger partial charge in [-0.15, -0.1) is 0 Å². The van der Waals surface area contributed by atoms with Gasteiger partial charge in [-0.25, -0.2) is 4.79 Å². The van der Waals surface area contributed by atoms with E-state index < -0.39 is 11.7 Å². The molecule has 0 aromatic heterocycles. The Morgan fingerprint density at radius 3 is 2.56 bits per heavy atom. The van der Waals surface area contributed by atoms with Crippen LogP contribution in [0.1, 0.15) is 20.8 Å². The van der Waals surface area contributed by atoms with Crippen LogP contribution in [0, 0.1) is 0 Å². The molecule has 1 amide bonds. The van der Waals surface area contributed by atoms with Crippen molar-refractivity contribution in [1.29, 1.82) is 0 Å². The first-order valence-corrected chi connectivity index (χ1v) is 5.82. The van der Waals surface area contributed by atoms with Crippen molar-refractivity contribution in [2.24, 2.45) is 0 Å². The Hall–Kier alpha value is -1.62. The van der Waals surface area contributed by atoms with E-state index in [1.165, 1.54) is 0 Å². The summed E-state index contributed by atoms with van der Waals surface area (Å²) in [5, 5.41) is 2.93. The number of rotatable bonds is 1. The minimum atomic E-state index is -0.566. The lowest BCUT2D eigenvalue weighted by Gasteiger charge is -2.20. The second-order valence-electron chi connectivity index (χ2n) is 4.81. The number of fused-ring (bicyclic) bond motifs is 1. The van der Waals surface area contributed by atoms with Gasteiger partial charge in [-0.3, -0.25) is 5.32 Å². The third kappa shape index (κ3) is 2.98. The maximum atomic E-state index is 11.6. The number of benzene rings is 1. The second-order valence-corrected chi connectivity index (χ2v) is 5.22. The Kier molecular flexibility index (Phi) is 3.26. The molecular formula is C12H14ClNO4. The number of anilines is 1. The third-order valence-electron chi connectivity index (χ3n) is 2.10. The number of hydrogen-bond donors (Lipinski definition) is 1. The van der Waals surface area contributed by atoms with Crippen LogP contribution in [0.15, 0.2) is 12.1 Å². The van der Waals surface area contributed by atoms with E-state index in [0.29, 0.717) is 22.2 Å². The first-order valence-electron chi connectivity index (χ1n) is 5.44. The molecule has 0 saturated carbocycles. The molecule has 0 fully saturated rings. The molecule has 98 valence electrons. The molecule has 0 saturated heterocycles. The second kappa shape index (κ2) is 4.57. The molecular weight excluding hydrogens is 258 g/mol. The molecule has 0 radical (unpaired) electrons. The summed E-state index contributed by atoms with van der Waals surface area (Å²) in [5.74, 6) is 1.11. The van der Waals surface area contributed by atoms with Gasteiger partial charge >= 0.3 is 6.09 Å². The van der Waals surface area contributed by atoms with Crippen molar-refractivity contribution < 1.29 is 19.0 Å². The Morgan fingerprint density at radius 1 is 1.33 bits per heavy atom. The lowest BCUT2D eigenvalue weighted by Crippen LogP contribution is -2.27. The number of carbonyl (C=O) groups is 1. The lowest BCUT2D eigenvalue weighted by atomic mass is 10.2. The maximum Gasteiger partial charge on any atom is 0.412 e. The zero-order chi connectivity index (χ0) is 13.3. The SMILES string of the molecule is CC(C)(C)OC(=O)Nc1cc2c(cc1Cl)OCO2. The van der Waals surface area contributed by atoms with E-state index in [0.717, 1.165) is 0 Å². The Morgan fingerprint density at radius 2 is 1.94 bits per heavy atom. The predicted octanol–water partition coefficient (Wildman–Crippen LogP) is 3.42. The van der Waals surface area contributed by atoms with Gasteiger partial charge in [0.25, 0.3) is 0 Å². The third-order valence-corrected chi connectivity index (χ3v) is 2.41. The molecule has 0 atom stereocenters. The van der Waals surface area contributed by atoms with Gasteiger partial charge in [-0.05, 0) is 20.8 Å². The van der Waals surface area contributed by atoms with Gasteiger partial charge in [0.15, 0.2) is 11.5 Å². The topological polar surface area (TPSA) is 56.8 Å². The summed E-state index contributed by atoms with van der Waals surface area (Å²) in [6, 6.07) is 3.20. The van der Waals surface area contributed by atoms with Crippen molar-refractivity contribution in [3.63, 3.8) is 0 Å². The molecule has 5 nitrogen and oxygen atoms in total. The van der Waals surface area contributed by atoms with E-state index in [1.54, 1.807) is 32.9 Å². The molecule has 2 rings (SSSR count). The monoisotopic (exact) mass is 271 g/mol. The lowest BCUT2D eigenvalue weighted by molar-refractivity contribution is 0.0636. The van der Waals surface area contributed by atoms with Gasteiger partial charge in [-0.2, -0.15) is 0 Å². The molecule has 18 heavy (non-hydrogen) atoms. The van der Waals surface area contributed by atoms with Crippen LogP contribution in [0.2, 0.25) is 5.02 Å². The average molecular weight is 272 g/mol. The normalized spacial score (nSPS) is 13.3. The zero-order valence-corrected chi connectivity index (χ0v) is 11.1. The smallest absolute Gasteiger partial charge is 0.412 e. The van der Waals surface area contributed by atoms with Crippen molar-refractivity contribution in [3.8, 4) is 11.5 Å². The summed E-state index contributed by atoms with van der Waals surface area (Å²) in [4.78, 5) is 11.6. The van der Waals surface area contributed by atoms with E-state index in [9.17, 15) is 4.79 Å². The number of carbonyl (C=O) groups excluding carboxylic acids is 1. The van der Waals surface area contributed by atoms with Crippen molar-refractivity contribution >= 4 is 23.4 Å². The predicted molar refractivity (Wildman–Crippen MR) is 67.4 cm³/mol. The quantitative estimate of drug-likeness (QED) is 0.850. The average Bonchev–Trinajstić information content (AvgIpc) is 2.62. The summed E-state index contributed by atoms with van der Waals surface area (Å²) in [7, 11) is 0. The van der Waals surface area contributed by atoms with E-state index in [4.69, 9.17) is 25.8 Å². The van der Waals surface area contributed by atoms with Crippen LogP contribution >= 0.6 is 11.6 Å². The highest BCUT2D eigenvalue weighted by molar-refractivity contribution is 6.33. The summed E-state index contributed by atoms with van der Waals surface area (Å²) in [6.07, 6.45) is -0.566. The van der Waals surface area contributed by atoms with Gasteiger partial charge in [0.2, 0.25) is 6.79 Å². The molecule has 1 aliphatic rings. The van der Waals surface area contributed by atoms with Crippen LogP contribution in [0.4, 0.5) is 10.5 Å². The minimum Gasteiger partial charge on any atom is -0.454 e. The van der Waals surface area contributed by atoms with Gasteiger partial charge in [-0.1, -0.05) is 11.6 Å². The number of halogens is 1. The largest absolute Gasteiger partial charge is 0.454 e. The van der Waals surface area contributed by atoms with E-state index >= 15 is 0 Å². The Bertz CT molecular complexity index is 482. The fourth-order valence-corrected chi connectivity index (χ4v) is 1.63. The van der Waals surface area contributed by atoms with Crippen LogP contribution < -0.4 is 14.8 Å². The van der Waals surface area contributed by atoms with Crippen molar-refractivity contribution in [2.75, 3.05) is 12.1 Å². The number of hydrogen-bond acceptors (Lipinski definition) is 4. The van der Waals surface area contributed by atoms with Gasteiger partial charge in [0.05, 0.1) is 10.7 Å². The van der Waals surface area contributed by atoms with Crippen molar-refractivity contribution in [2.45, 2.75) is 26.4 Å². The van der Waals surface area contributed by atoms with Gasteiger partial charge in [0, 0.05) is 12.1 Å². The molecule has 0 bridgehead atoms. The molecule has 0 aliphatic carbocycles. The molecule has 1 aromatic carbocycles. The standard InChI is InChI=1S/C12H14ClNO4/c1-12(2,3)18-11(15)14-8-5-10-9(4-7(8)13)16-6-17-10/h4-5H,6H2,1-3H3,(H,14,15). The van der Waals surface area contributed by atoms with E-state index in [-0.39, 0.29) is 6.79 Å². The Labute approximate surface area is 110 Å². The Balaban J connectivity index is 2.12. The van der Waals surface area contributed by atoms with E-state index in [2.05, 4.69) is 5.32 Å². The highest BCUT2D eigenvalue weighted by atomic mass is 35.5. The molecule has 0 unspecified atom stereocenters. The fourth-order valence-electron chi connectivity index (χ4n) is 1.43. The summed E-state index contributed by atoms with van der Waals surface area (Å²) < 4.78 is 15.5. The van der Waals surface area contributed by atoms with Crippen LogP contribution in [-0.2, 0) is 4.74 Å². The van der Waals surface area contributed by atoms with Crippen molar-refractivity contribution in [3.05, 3.63) is 17.2 Å². The number of ether oxygens (including phenoxy) is 3. The van der Waals surface area contributed by atoms with E-state index in [1.807, 2.05) is 0 Å². The summed E-state index contributed by atoms with van der Waals surface area (Å²) in [5.41, 5.74) is -0.137. The van der Waals surface area contributed by atoms with Gasteiger partial charge < -0.3 is 14.2 Å². The number of amides is 1. The zero-order valence-electron chi connectivity index (χ0n) is 10.4. The van der Waals surface area contributed by atoms with Gasteiger partial charge in [0.1, 0.15) is 5.60 Å². The van der Waals surface area contributed by atoms with Crippen LogP contribution in [0.25, 0.3) is 0 Å². The molecule has 1 N–H and O–H groups in total. The first kappa shape index (κ1) is 12.8. The molecule has 6 heteroatoms. The summed E-state index contributed by atoms with van der Waals surface area (Å²) in [6.45, 7) is 5.51.